The number of aromatic nitrogens is 2. The van der Waals surface area contributed by atoms with E-state index in [-0.39, 0.29) is 17.0 Å². The van der Waals surface area contributed by atoms with E-state index in [9.17, 15) is 8.42 Å². The van der Waals surface area contributed by atoms with Crippen LogP contribution in [-0.4, -0.2) is 49.2 Å². The van der Waals surface area contributed by atoms with Crippen molar-refractivity contribution in [1.82, 2.24) is 14.5 Å². The van der Waals surface area contributed by atoms with Gasteiger partial charge in [-0.2, -0.15) is 9.40 Å². The van der Waals surface area contributed by atoms with E-state index in [2.05, 4.69) is 10.2 Å². The summed E-state index contributed by atoms with van der Waals surface area (Å²) in [4.78, 5) is 0. The van der Waals surface area contributed by atoms with Crippen LogP contribution in [0, 0.1) is 0 Å². The molecule has 1 unspecified atom stereocenters. The van der Waals surface area contributed by atoms with Gasteiger partial charge in [-0.25, -0.2) is 8.42 Å². The number of hydrogen-bond acceptors (Lipinski definition) is 4. The van der Waals surface area contributed by atoms with Crippen LogP contribution in [0.3, 0.4) is 0 Å². The molecule has 17 heavy (non-hydrogen) atoms. The summed E-state index contributed by atoms with van der Waals surface area (Å²) in [5, 5.41) is 6.31. The van der Waals surface area contributed by atoms with E-state index in [1.165, 1.54) is 10.5 Å². The van der Waals surface area contributed by atoms with Gasteiger partial charge in [0, 0.05) is 25.8 Å². The van der Waals surface area contributed by atoms with Gasteiger partial charge in [-0.1, -0.05) is 0 Å². The minimum absolute atomic E-state index is 0.0350. The molecule has 1 fully saturated rings. The second-order valence-corrected chi connectivity index (χ2v) is 6.01. The van der Waals surface area contributed by atoms with Crippen LogP contribution in [0.4, 0.5) is 0 Å². The normalized spacial score (nSPS) is 22.1. The van der Waals surface area contributed by atoms with E-state index < -0.39 is 10.0 Å². The molecule has 2 heterocycles. The number of nitrogens with zero attached hydrogens (tertiary/aromatic N) is 2. The summed E-state index contributed by atoms with van der Waals surface area (Å²) in [5.41, 5.74) is 0.493. The van der Waals surface area contributed by atoms with Gasteiger partial charge < -0.3 is 4.74 Å². The zero-order valence-electron chi connectivity index (χ0n) is 9.39. The molecule has 0 saturated carbocycles. The van der Waals surface area contributed by atoms with Crippen molar-refractivity contribution in [2.75, 3.05) is 20.2 Å². The fourth-order valence-electron chi connectivity index (χ4n) is 1.86. The van der Waals surface area contributed by atoms with Gasteiger partial charge in [0.25, 0.3) is 10.0 Å². The Morgan fingerprint density at radius 1 is 1.71 bits per heavy atom. The van der Waals surface area contributed by atoms with Crippen molar-refractivity contribution in [2.45, 2.75) is 23.4 Å². The first-order valence-corrected chi connectivity index (χ1v) is 7.18. The zero-order valence-corrected chi connectivity index (χ0v) is 11.0. The lowest BCUT2D eigenvalue weighted by Gasteiger charge is -2.15. The lowest BCUT2D eigenvalue weighted by Crippen LogP contribution is -2.30. The first-order valence-electron chi connectivity index (χ1n) is 5.20. The molecule has 0 spiro atoms. The van der Waals surface area contributed by atoms with Gasteiger partial charge in [0.1, 0.15) is 0 Å². The third-order valence-electron chi connectivity index (χ3n) is 2.86. The highest BCUT2D eigenvalue weighted by Gasteiger charge is 2.34. The lowest BCUT2D eigenvalue weighted by atomic mass is 10.3. The summed E-state index contributed by atoms with van der Waals surface area (Å²) in [6, 6.07) is 0. The van der Waals surface area contributed by atoms with Gasteiger partial charge >= 0.3 is 0 Å². The number of ether oxygens (including phenoxy) is 1. The molecule has 1 atom stereocenters. The van der Waals surface area contributed by atoms with Crippen molar-refractivity contribution in [1.29, 1.82) is 0 Å². The van der Waals surface area contributed by atoms with Crippen molar-refractivity contribution in [2.24, 2.45) is 0 Å². The molecule has 0 aromatic carbocycles. The zero-order chi connectivity index (χ0) is 12.5. The molecular weight excluding hydrogens is 266 g/mol. The third kappa shape index (κ3) is 2.33. The van der Waals surface area contributed by atoms with E-state index in [0.29, 0.717) is 25.1 Å². The Balaban J connectivity index is 2.26. The van der Waals surface area contributed by atoms with Crippen LogP contribution in [0.15, 0.2) is 11.2 Å². The number of nitrogens with one attached hydrogen (secondary N) is 1. The maximum absolute atomic E-state index is 12.3. The molecule has 1 aliphatic heterocycles. The van der Waals surface area contributed by atoms with Gasteiger partial charge in [-0.05, 0) is 6.42 Å². The van der Waals surface area contributed by atoms with Gasteiger partial charge in [0.2, 0.25) is 0 Å². The molecule has 0 bridgehead atoms. The fourth-order valence-corrected chi connectivity index (χ4v) is 3.73. The third-order valence-corrected chi connectivity index (χ3v) is 5.03. The summed E-state index contributed by atoms with van der Waals surface area (Å²) in [5.74, 6) is 0.118. The van der Waals surface area contributed by atoms with E-state index >= 15 is 0 Å². The van der Waals surface area contributed by atoms with Crippen LogP contribution in [0.2, 0.25) is 0 Å². The van der Waals surface area contributed by atoms with Crippen molar-refractivity contribution in [3.05, 3.63) is 11.8 Å². The Hall–Kier alpha value is -0.630. The monoisotopic (exact) mass is 279 g/mol. The SMILES string of the molecule is COC1CCN(S(=O)(=O)c2[nH]ncc2CCl)C1. The van der Waals surface area contributed by atoms with Crippen LogP contribution < -0.4 is 0 Å². The first kappa shape index (κ1) is 12.8. The minimum atomic E-state index is -3.53. The molecular formula is C9H14ClN3O3S. The maximum atomic E-state index is 12.3. The van der Waals surface area contributed by atoms with Crippen LogP contribution >= 0.6 is 11.6 Å². The van der Waals surface area contributed by atoms with Crippen LogP contribution in [0.5, 0.6) is 0 Å². The first-order chi connectivity index (χ1) is 8.09. The second kappa shape index (κ2) is 4.93. The highest BCUT2D eigenvalue weighted by Crippen LogP contribution is 2.23. The Morgan fingerprint density at radius 2 is 2.47 bits per heavy atom. The average molecular weight is 280 g/mol. The molecule has 1 aromatic rings. The number of halogens is 1. The predicted octanol–water partition coefficient (Wildman–Crippen LogP) is 0.558. The molecule has 0 radical (unpaired) electrons. The molecule has 1 N–H and O–H groups in total. The summed E-state index contributed by atoms with van der Waals surface area (Å²) in [7, 11) is -1.95. The Labute approximate surface area is 105 Å². The number of alkyl halides is 1. The fraction of sp³-hybridized carbons (Fsp3) is 0.667. The molecule has 0 aliphatic carbocycles. The van der Waals surface area contributed by atoms with Crippen molar-refractivity contribution < 1.29 is 13.2 Å². The smallest absolute Gasteiger partial charge is 0.260 e. The summed E-state index contributed by atoms with van der Waals surface area (Å²) in [6.07, 6.45) is 2.11. The highest BCUT2D eigenvalue weighted by molar-refractivity contribution is 7.89. The Morgan fingerprint density at radius 3 is 3.06 bits per heavy atom. The summed E-state index contributed by atoms with van der Waals surface area (Å²) >= 11 is 5.67. The van der Waals surface area contributed by atoms with Crippen LogP contribution in [0.1, 0.15) is 12.0 Å². The highest BCUT2D eigenvalue weighted by atomic mass is 35.5. The van der Waals surface area contributed by atoms with Gasteiger partial charge in [-0.3, -0.25) is 5.10 Å². The molecule has 96 valence electrons. The average Bonchev–Trinajstić information content (AvgIpc) is 2.97. The minimum Gasteiger partial charge on any atom is -0.380 e. The van der Waals surface area contributed by atoms with E-state index in [0.717, 1.165) is 0 Å². The predicted molar refractivity (Wildman–Crippen MR) is 62.3 cm³/mol. The van der Waals surface area contributed by atoms with Crippen molar-refractivity contribution in [3.8, 4) is 0 Å². The summed E-state index contributed by atoms with van der Waals surface area (Å²) < 4.78 is 31.1. The molecule has 2 rings (SSSR count). The second-order valence-electron chi connectivity index (χ2n) is 3.87. The molecule has 1 aromatic heterocycles. The molecule has 1 saturated heterocycles. The van der Waals surface area contributed by atoms with Crippen LogP contribution in [-0.2, 0) is 20.6 Å². The molecule has 8 heteroatoms. The number of hydrogen-bond donors (Lipinski definition) is 1. The molecule has 0 amide bonds. The number of methoxy groups -OCH3 is 1. The topological polar surface area (TPSA) is 75.3 Å². The quantitative estimate of drug-likeness (QED) is 0.817. The van der Waals surface area contributed by atoms with Crippen LogP contribution in [0.25, 0.3) is 0 Å². The van der Waals surface area contributed by atoms with Crippen molar-refractivity contribution in [3.63, 3.8) is 0 Å². The Kier molecular flexibility index (Phi) is 3.72. The Bertz CT molecular complexity index is 487. The van der Waals surface area contributed by atoms with Gasteiger partial charge in [0.15, 0.2) is 5.03 Å². The standard InChI is InChI=1S/C9H14ClN3O3S/c1-16-8-2-3-13(6-8)17(14,15)9-7(4-10)5-11-12-9/h5,8H,2-4,6H2,1H3,(H,11,12). The number of rotatable bonds is 4. The van der Waals surface area contributed by atoms with Gasteiger partial charge in [-0.15, -0.1) is 11.6 Å². The lowest BCUT2D eigenvalue weighted by molar-refractivity contribution is 0.115. The van der Waals surface area contributed by atoms with E-state index in [1.807, 2.05) is 0 Å². The van der Waals surface area contributed by atoms with Gasteiger partial charge in [0.05, 0.1) is 18.2 Å². The van der Waals surface area contributed by atoms with Crippen molar-refractivity contribution >= 4 is 21.6 Å². The van der Waals surface area contributed by atoms with E-state index in [4.69, 9.17) is 16.3 Å². The molecule has 1 aliphatic rings. The maximum Gasteiger partial charge on any atom is 0.260 e. The largest absolute Gasteiger partial charge is 0.380 e. The molecule has 6 nitrogen and oxygen atoms in total. The number of aromatic amines is 1. The van der Waals surface area contributed by atoms with E-state index in [1.54, 1.807) is 7.11 Å². The summed E-state index contributed by atoms with van der Waals surface area (Å²) in [6.45, 7) is 0.834. The number of sulfonamides is 1. The number of H-pyrrole nitrogens is 1.